The van der Waals surface area contributed by atoms with Gasteiger partial charge < -0.3 is 10.6 Å². The molecule has 2 aliphatic rings. The van der Waals surface area contributed by atoms with E-state index >= 15 is 0 Å². The Morgan fingerprint density at radius 3 is 2.70 bits per heavy atom. The van der Waals surface area contributed by atoms with Crippen molar-refractivity contribution in [2.45, 2.75) is 17.8 Å². The molecular weight excluding hydrogens is 382 g/mol. The van der Waals surface area contributed by atoms with Crippen LogP contribution in [0.3, 0.4) is 0 Å². The number of nitrogens with zero attached hydrogens (tertiary/aromatic N) is 1. The van der Waals surface area contributed by atoms with Crippen LogP contribution >= 0.6 is 11.8 Å². The van der Waals surface area contributed by atoms with Gasteiger partial charge in [0.15, 0.2) is 15.0 Å². The van der Waals surface area contributed by atoms with E-state index in [9.17, 15) is 13.2 Å². The molecule has 2 N–H and O–H groups in total. The molecule has 6 nitrogen and oxygen atoms in total. The summed E-state index contributed by atoms with van der Waals surface area (Å²) in [5, 5.41) is 6.82. The summed E-state index contributed by atoms with van der Waals surface area (Å²) in [6.07, 6.45) is 0. The van der Waals surface area contributed by atoms with Crippen LogP contribution in [0.4, 0.5) is 5.69 Å². The molecule has 0 aliphatic carbocycles. The normalized spacial score (nSPS) is 22.7. The molecule has 0 bridgehead atoms. The van der Waals surface area contributed by atoms with E-state index in [0.29, 0.717) is 17.3 Å². The molecule has 0 spiro atoms. The number of amides is 1. The molecule has 2 heterocycles. The van der Waals surface area contributed by atoms with Crippen molar-refractivity contribution in [1.82, 2.24) is 5.32 Å². The monoisotopic (exact) mass is 401 g/mol. The highest BCUT2D eigenvalue weighted by Gasteiger charge is 2.42. The summed E-state index contributed by atoms with van der Waals surface area (Å²) in [5.41, 5.74) is 2.36. The van der Waals surface area contributed by atoms with Crippen LogP contribution in [0.5, 0.6) is 0 Å². The molecule has 0 radical (unpaired) electrons. The number of sulfone groups is 1. The van der Waals surface area contributed by atoms with Crippen molar-refractivity contribution >= 4 is 38.4 Å². The lowest BCUT2D eigenvalue weighted by molar-refractivity contribution is 0.0951. The minimum atomic E-state index is -2.96. The maximum absolute atomic E-state index is 12.4. The lowest BCUT2D eigenvalue weighted by atomic mass is 10.1. The molecule has 1 amide bonds. The molecule has 2 aromatic rings. The summed E-state index contributed by atoms with van der Waals surface area (Å²) in [5.74, 6) is 0.156. The fourth-order valence-corrected chi connectivity index (χ4v) is 6.83. The van der Waals surface area contributed by atoms with Crippen LogP contribution in [-0.4, -0.2) is 42.3 Å². The number of nitrogens with one attached hydrogen (secondary N) is 2. The molecule has 1 fully saturated rings. The van der Waals surface area contributed by atoms with E-state index in [1.807, 2.05) is 42.5 Å². The first-order valence-electron chi connectivity index (χ1n) is 8.63. The largest absolute Gasteiger partial charge is 0.348 e. The van der Waals surface area contributed by atoms with Crippen molar-refractivity contribution in [2.75, 3.05) is 16.8 Å². The molecule has 140 valence electrons. The van der Waals surface area contributed by atoms with E-state index in [1.165, 1.54) is 11.8 Å². The molecule has 1 saturated heterocycles. The van der Waals surface area contributed by atoms with Crippen molar-refractivity contribution in [2.24, 2.45) is 4.99 Å². The number of hydrogen-bond donors (Lipinski definition) is 2. The Bertz CT molecular complexity index is 990. The average Bonchev–Trinajstić information content (AvgIpc) is 3.13. The second-order valence-electron chi connectivity index (χ2n) is 6.61. The number of benzene rings is 2. The van der Waals surface area contributed by atoms with Gasteiger partial charge in [0.1, 0.15) is 0 Å². The number of fused-ring (bicyclic) bond motifs is 1. The maximum atomic E-state index is 12.4. The smallest absolute Gasteiger partial charge is 0.251 e. The second-order valence-corrected chi connectivity index (χ2v) is 9.99. The minimum Gasteiger partial charge on any atom is -0.348 e. The fourth-order valence-electron chi connectivity index (χ4n) is 3.16. The molecule has 2 atom stereocenters. The zero-order valence-electron chi connectivity index (χ0n) is 14.5. The maximum Gasteiger partial charge on any atom is 0.251 e. The molecule has 4 rings (SSSR count). The molecule has 0 saturated carbocycles. The zero-order valence-corrected chi connectivity index (χ0v) is 16.1. The molecular formula is C19H19N3O3S2. The third-order valence-corrected chi connectivity index (χ3v) is 7.63. The Morgan fingerprint density at radius 1 is 1.11 bits per heavy atom. The van der Waals surface area contributed by atoms with Crippen LogP contribution < -0.4 is 10.6 Å². The number of carbonyl (C=O) groups excluding carboxylic acids is 1. The molecule has 0 unspecified atom stereocenters. The van der Waals surface area contributed by atoms with Gasteiger partial charge in [-0.1, -0.05) is 48.2 Å². The highest BCUT2D eigenvalue weighted by atomic mass is 32.2. The van der Waals surface area contributed by atoms with Crippen LogP contribution in [0.1, 0.15) is 15.9 Å². The highest BCUT2D eigenvalue weighted by Crippen LogP contribution is 2.34. The topological polar surface area (TPSA) is 87.6 Å². The molecule has 27 heavy (non-hydrogen) atoms. The summed E-state index contributed by atoms with van der Waals surface area (Å²) in [7, 11) is -2.96. The molecule has 8 heteroatoms. The number of carbonyl (C=O) groups is 1. The van der Waals surface area contributed by atoms with E-state index in [0.717, 1.165) is 11.3 Å². The van der Waals surface area contributed by atoms with E-state index in [1.54, 1.807) is 12.1 Å². The first-order chi connectivity index (χ1) is 13.0. The van der Waals surface area contributed by atoms with Gasteiger partial charge in [0.05, 0.1) is 17.5 Å². The van der Waals surface area contributed by atoms with Crippen molar-refractivity contribution in [1.29, 1.82) is 0 Å². The Labute approximate surface area is 162 Å². The Kier molecular flexibility index (Phi) is 4.92. The number of rotatable bonds is 4. The number of thioether (sulfide) groups is 1. The van der Waals surface area contributed by atoms with E-state index in [2.05, 4.69) is 15.6 Å². The van der Waals surface area contributed by atoms with Crippen LogP contribution in [-0.2, 0) is 16.4 Å². The van der Waals surface area contributed by atoms with Crippen LogP contribution in [0, 0.1) is 0 Å². The number of anilines is 1. The van der Waals surface area contributed by atoms with Crippen LogP contribution in [0.15, 0.2) is 59.6 Å². The van der Waals surface area contributed by atoms with Gasteiger partial charge >= 0.3 is 0 Å². The summed E-state index contributed by atoms with van der Waals surface area (Å²) < 4.78 is 23.3. The lowest BCUT2D eigenvalue weighted by Gasteiger charge is -2.09. The Hall–Kier alpha value is -2.32. The second kappa shape index (κ2) is 7.36. The van der Waals surface area contributed by atoms with Gasteiger partial charge in [0.25, 0.3) is 5.91 Å². The van der Waals surface area contributed by atoms with Gasteiger partial charge in [-0.2, -0.15) is 0 Å². The molecule has 2 aromatic carbocycles. The van der Waals surface area contributed by atoms with Gasteiger partial charge in [-0.25, -0.2) is 8.42 Å². The third kappa shape index (κ3) is 4.33. The summed E-state index contributed by atoms with van der Waals surface area (Å²) in [6, 6.07) is 16.8. The standard InChI is InChI=1S/C19H19N3O3S2/c23-18(20-10-13-5-2-1-3-6-13)14-7-4-8-15(9-14)21-19-22-16-11-27(24,25)12-17(16)26-19/h1-9,16-17H,10-12H2,(H,20,23)(H,21,22)/t16-,17-/m1/s1. The fraction of sp³-hybridized carbons (Fsp3) is 0.263. The van der Waals surface area contributed by atoms with E-state index in [4.69, 9.17) is 0 Å². The molecule has 0 aromatic heterocycles. The first kappa shape index (κ1) is 18.1. The molecule has 2 aliphatic heterocycles. The zero-order chi connectivity index (χ0) is 18.9. The van der Waals surface area contributed by atoms with Crippen LogP contribution in [0.25, 0.3) is 0 Å². The predicted octanol–water partition coefficient (Wildman–Crippen LogP) is 2.30. The Morgan fingerprint density at radius 2 is 1.93 bits per heavy atom. The van der Waals surface area contributed by atoms with Gasteiger partial charge in [-0.15, -0.1) is 0 Å². The SMILES string of the molecule is O=C(NCc1ccccc1)c1cccc(NC2=N[C@@H]3CS(=O)(=O)C[C@H]3S2)c1. The number of aliphatic imine (C=N–C) groups is 1. The summed E-state index contributed by atoms with van der Waals surface area (Å²) in [6.45, 7) is 0.470. The minimum absolute atomic E-state index is 0.00477. The van der Waals surface area contributed by atoms with Gasteiger partial charge in [0.2, 0.25) is 0 Å². The summed E-state index contributed by atoms with van der Waals surface area (Å²) >= 11 is 1.46. The average molecular weight is 402 g/mol. The van der Waals surface area contributed by atoms with E-state index in [-0.39, 0.29) is 28.7 Å². The number of amidine groups is 1. The lowest BCUT2D eigenvalue weighted by Crippen LogP contribution is -2.22. The Balaban J connectivity index is 1.39. The van der Waals surface area contributed by atoms with Crippen molar-refractivity contribution < 1.29 is 13.2 Å². The first-order valence-corrected chi connectivity index (χ1v) is 11.3. The summed E-state index contributed by atoms with van der Waals surface area (Å²) in [4.78, 5) is 16.9. The highest BCUT2D eigenvalue weighted by molar-refractivity contribution is 8.15. The van der Waals surface area contributed by atoms with Gasteiger partial charge in [0, 0.05) is 23.0 Å². The van der Waals surface area contributed by atoms with Crippen molar-refractivity contribution in [3.05, 3.63) is 65.7 Å². The number of hydrogen-bond acceptors (Lipinski definition) is 6. The van der Waals surface area contributed by atoms with Crippen molar-refractivity contribution in [3.8, 4) is 0 Å². The van der Waals surface area contributed by atoms with Crippen LogP contribution in [0.2, 0.25) is 0 Å². The predicted molar refractivity (Wildman–Crippen MR) is 109 cm³/mol. The van der Waals surface area contributed by atoms with Gasteiger partial charge in [-0.3, -0.25) is 9.79 Å². The van der Waals surface area contributed by atoms with E-state index < -0.39 is 9.84 Å². The van der Waals surface area contributed by atoms with Gasteiger partial charge in [-0.05, 0) is 23.8 Å². The quantitative estimate of drug-likeness (QED) is 0.821. The van der Waals surface area contributed by atoms with Crippen molar-refractivity contribution in [3.63, 3.8) is 0 Å². The third-order valence-electron chi connectivity index (χ3n) is 4.49.